The van der Waals surface area contributed by atoms with Crippen LogP contribution in [0.25, 0.3) is 0 Å². The SMILES string of the molecule is COCCNC1=NC(N)(c2cc(C(C)(C)n3nccn3)nn2C2CC2)NC=C1C(F)(F)F. The van der Waals surface area contributed by atoms with Crippen LogP contribution in [-0.4, -0.2) is 57.0 Å². The first-order valence-electron chi connectivity index (χ1n) is 10.2. The summed E-state index contributed by atoms with van der Waals surface area (Å²) < 4.78 is 47.3. The zero-order chi connectivity index (χ0) is 23.1. The number of halogens is 3. The van der Waals surface area contributed by atoms with E-state index in [0.29, 0.717) is 11.4 Å². The molecule has 1 unspecified atom stereocenters. The highest BCUT2D eigenvalue weighted by molar-refractivity contribution is 6.00. The molecule has 1 atom stereocenters. The summed E-state index contributed by atoms with van der Waals surface area (Å²) in [6, 6.07) is 1.85. The molecular weight excluding hydrogens is 427 g/mol. The van der Waals surface area contributed by atoms with Crippen molar-refractivity contribution in [2.45, 2.75) is 50.2 Å². The maximum atomic E-state index is 13.6. The lowest BCUT2D eigenvalue weighted by Crippen LogP contribution is -2.53. The van der Waals surface area contributed by atoms with Crippen molar-refractivity contribution in [1.82, 2.24) is 35.4 Å². The van der Waals surface area contributed by atoms with Crippen LogP contribution in [0.15, 0.2) is 35.2 Å². The Bertz CT molecular complexity index is 1020. The molecule has 1 aliphatic carbocycles. The number of rotatable bonds is 7. The minimum absolute atomic E-state index is 0.107. The summed E-state index contributed by atoms with van der Waals surface area (Å²) in [5.74, 6) is -2.00. The Hall–Kier alpha value is -2.93. The van der Waals surface area contributed by atoms with Crippen LogP contribution in [0, 0.1) is 0 Å². The zero-order valence-corrected chi connectivity index (χ0v) is 18.0. The molecule has 32 heavy (non-hydrogen) atoms. The zero-order valence-electron chi connectivity index (χ0n) is 18.0. The molecule has 4 rings (SSSR count). The van der Waals surface area contributed by atoms with Crippen molar-refractivity contribution >= 4 is 5.84 Å². The molecular formula is C19H26F3N9O. The van der Waals surface area contributed by atoms with Gasteiger partial charge in [-0.25, -0.2) is 4.99 Å². The fourth-order valence-corrected chi connectivity index (χ4v) is 3.46. The van der Waals surface area contributed by atoms with Gasteiger partial charge in [-0.05, 0) is 32.8 Å². The molecule has 0 radical (unpaired) electrons. The van der Waals surface area contributed by atoms with Gasteiger partial charge >= 0.3 is 6.18 Å². The molecule has 10 nitrogen and oxygen atoms in total. The molecule has 0 aromatic carbocycles. The summed E-state index contributed by atoms with van der Waals surface area (Å²) in [5, 5.41) is 18.5. The largest absolute Gasteiger partial charge is 0.421 e. The van der Waals surface area contributed by atoms with Gasteiger partial charge in [-0.2, -0.15) is 33.3 Å². The van der Waals surface area contributed by atoms with Crippen LogP contribution in [0.4, 0.5) is 13.2 Å². The molecule has 2 aromatic heterocycles. The van der Waals surface area contributed by atoms with Gasteiger partial charge in [-0.1, -0.05) is 0 Å². The van der Waals surface area contributed by atoms with E-state index >= 15 is 0 Å². The molecule has 1 aliphatic heterocycles. The average Bonchev–Trinajstić information content (AvgIpc) is 3.22. The molecule has 0 amide bonds. The molecule has 4 N–H and O–H groups in total. The maximum Gasteiger partial charge on any atom is 0.421 e. The summed E-state index contributed by atoms with van der Waals surface area (Å²) in [7, 11) is 1.46. The quantitative estimate of drug-likeness (QED) is 0.541. The molecule has 13 heteroatoms. The maximum absolute atomic E-state index is 13.6. The van der Waals surface area contributed by atoms with Crippen LogP contribution in [-0.2, 0) is 16.1 Å². The lowest BCUT2D eigenvalue weighted by atomic mass is 10.0. The first-order chi connectivity index (χ1) is 15.1. The van der Waals surface area contributed by atoms with Gasteiger partial charge < -0.3 is 15.4 Å². The number of hydrogen-bond acceptors (Lipinski definition) is 8. The minimum Gasteiger partial charge on any atom is -0.383 e. The van der Waals surface area contributed by atoms with Gasteiger partial charge in [0.25, 0.3) is 0 Å². The van der Waals surface area contributed by atoms with Crippen LogP contribution in [0.3, 0.4) is 0 Å². The van der Waals surface area contributed by atoms with Crippen molar-refractivity contribution in [3.05, 3.63) is 41.6 Å². The second kappa shape index (κ2) is 7.89. The number of amidine groups is 1. The highest BCUT2D eigenvalue weighted by Gasteiger charge is 2.45. The van der Waals surface area contributed by atoms with E-state index in [1.165, 1.54) is 11.9 Å². The van der Waals surface area contributed by atoms with Crippen molar-refractivity contribution in [2.75, 3.05) is 20.3 Å². The molecule has 1 fully saturated rings. The van der Waals surface area contributed by atoms with Gasteiger partial charge in [0, 0.05) is 19.9 Å². The number of nitrogens with zero attached hydrogens (tertiary/aromatic N) is 6. The molecule has 0 bridgehead atoms. The second-order valence-electron chi connectivity index (χ2n) is 8.31. The Morgan fingerprint density at radius 3 is 2.56 bits per heavy atom. The number of aliphatic imine (C=N–C) groups is 1. The third-order valence-electron chi connectivity index (χ3n) is 5.45. The molecule has 0 saturated heterocycles. The monoisotopic (exact) mass is 453 g/mol. The third-order valence-corrected chi connectivity index (χ3v) is 5.45. The molecule has 2 aliphatic rings. The topological polar surface area (TPSA) is 120 Å². The smallest absolute Gasteiger partial charge is 0.383 e. The average molecular weight is 453 g/mol. The lowest BCUT2D eigenvalue weighted by molar-refractivity contribution is -0.0873. The second-order valence-corrected chi connectivity index (χ2v) is 8.31. The normalized spacial score (nSPS) is 21.7. The number of nitrogens with one attached hydrogen (secondary N) is 2. The van der Waals surface area contributed by atoms with E-state index < -0.39 is 23.1 Å². The van der Waals surface area contributed by atoms with E-state index in [0.717, 1.165) is 19.0 Å². The van der Waals surface area contributed by atoms with Gasteiger partial charge in [-0.3, -0.25) is 10.4 Å². The van der Waals surface area contributed by atoms with Gasteiger partial charge in [0.1, 0.15) is 22.6 Å². The number of nitrogens with two attached hydrogens (primary N) is 1. The van der Waals surface area contributed by atoms with Crippen molar-refractivity contribution in [3.63, 3.8) is 0 Å². The lowest BCUT2D eigenvalue weighted by Gasteiger charge is -2.32. The summed E-state index contributed by atoms with van der Waals surface area (Å²) in [6.07, 6.45) is 1.18. The standard InChI is InChI=1S/C19H26F3N9O/c1-17(2,31-26-6-7-27-31)14-10-15(30(29-14)12-4-5-12)19(23)25-11-13(18(20,21)22)16(28-19)24-8-9-32-3/h6-7,10-12,25H,4-5,8-9,23H2,1-3H3,(H,24,28). The Morgan fingerprint density at radius 2 is 1.97 bits per heavy atom. The van der Waals surface area contributed by atoms with E-state index in [1.54, 1.807) is 23.1 Å². The molecule has 1 saturated carbocycles. The Balaban J connectivity index is 1.75. The number of aromatic nitrogens is 5. The highest BCUT2D eigenvalue weighted by Crippen LogP contribution is 2.40. The number of alkyl halides is 3. The van der Waals surface area contributed by atoms with Crippen LogP contribution >= 0.6 is 0 Å². The summed E-state index contributed by atoms with van der Waals surface area (Å²) in [5.41, 5.74) is 5.98. The Kier molecular flexibility index (Phi) is 5.49. The van der Waals surface area contributed by atoms with Crippen molar-refractivity contribution in [1.29, 1.82) is 0 Å². The predicted octanol–water partition coefficient (Wildman–Crippen LogP) is 1.35. The molecule has 2 aromatic rings. The van der Waals surface area contributed by atoms with Crippen molar-refractivity contribution < 1.29 is 17.9 Å². The van der Waals surface area contributed by atoms with Crippen LogP contribution < -0.4 is 16.4 Å². The first kappa shape index (κ1) is 22.3. The van der Waals surface area contributed by atoms with E-state index in [4.69, 9.17) is 15.6 Å². The fourth-order valence-electron chi connectivity index (χ4n) is 3.46. The van der Waals surface area contributed by atoms with Gasteiger partial charge in [0.05, 0.1) is 30.7 Å². The van der Waals surface area contributed by atoms with E-state index in [2.05, 4.69) is 25.8 Å². The van der Waals surface area contributed by atoms with Crippen LogP contribution in [0.5, 0.6) is 0 Å². The number of ether oxygens (including phenoxy) is 1. The minimum atomic E-state index is -4.61. The summed E-state index contributed by atoms with van der Waals surface area (Å²) in [4.78, 5) is 5.79. The van der Waals surface area contributed by atoms with E-state index in [1.807, 2.05) is 13.8 Å². The molecule has 0 spiro atoms. The first-order valence-corrected chi connectivity index (χ1v) is 10.2. The van der Waals surface area contributed by atoms with E-state index in [-0.39, 0.29) is 25.0 Å². The predicted molar refractivity (Wildman–Crippen MR) is 109 cm³/mol. The molecule has 3 heterocycles. The third kappa shape index (κ3) is 4.09. The highest BCUT2D eigenvalue weighted by atomic mass is 19.4. The Morgan fingerprint density at radius 1 is 1.28 bits per heavy atom. The van der Waals surface area contributed by atoms with Crippen LogP contribution in [0.2, 0.25) is 0 Å². The van der Waals surface area contributed by atoms with Crippen molar-refractivity contribution in [2.24, 2.45) is 10.7 Å². The summed E-state index contributed by atoms with van der Waals surface area (Å²) >= 11 is 0. The summed E-state index contributed by atoms with van der Waals surface area (Å²) in [6.45, 7) is 4.15. The van der Waals surface area contributed by atoms with Crippen LogP contribution in [0.1, 0.15) is 44.1 Å². The number of methoxy groups -OCH3 is 1. The van der Waals surface area contributed by atoms with Gasteiger partial charge in [0.2, 0.25) is 5.79 Å². The van der Waals surface area contributed by atoms with Gasteiger partial charge in [0.15, 0.2) is 0 Å². The van der Waals surface area contributed by atoms with Gasteiger partial charge in [-0.15, -0.1) is 0 Å². The fraction of sp³-hybridized carbons (Fsp3) is 0.579. The molecule has 174 valence electrons. The number of hydrogen-bond donors (Lipinski definition) is 3. The van der Waals surface area contributed by atoms with E-state index in [9.17, 15) is 13.2 Å². The Labute approximate surface area is 182 Å². The van der Waals surface area contributed by atoms with Crippen molar-refractivity contribution in [3.8, 4) is 0 Å².